The van der Waals surface area contributed by atoms with E-state index in [9.17, 15) is 4.21 Å². The standard InChI is InChI=1S/C21H29N3O2S.HI/c1-4-22-21(24(2)16-19-12-8-9-13-20(19)26-3)23-14-15-27(25)17-18-10-6-5-7-11-18;/h5-13H,4,14-17H2,1-3H3,(H,22,23);1H. The van der Waals surface area contributed by atoms with Gasteiger partial charge in [0, 0.05) is 48.0 Å². The Hall–Kier alpha value is -1.61. The molecular weight excluding hydrogens is 485 g/mol. The topological polar surface area (TPSA) is 53.9 Å². The molecule has 0 bridgehead atoms. The Bertz CT molecular complexity index is 756. The summed E-state index contributed by atoms with van der Waals surface area (Å²) in [7, 11) is 2.75. The average molecular weight is 515 g/mol. The predicted molar refractivity (Wildman–Crippen MR) is 129 cm³/mol. The number of aliphatic imine (C=N–C) groups is 1. The van der Waals surface area contributed by atoms with Gasteiger partial charge in [-0.25, -0.2) is 0 Å². The Morgan fingerprint density at radius 1 is 1.14 bits per heavy atom. The first-order valence-electron chi connectivity index (χ1n) is 9.14. The first kappa shape index (κ1) is 24.4. The Morgan fingerprint density at radius 3 is 2.50 bits per heavy atom. The van der Waals surface area contributed by atoms with Crippen molar-refractivity contribution in [3.63, 3.8) is 0 Å². The van der Waals surface area contributed by atoms with Crippen LogP contribution in [0.5, 0.6) is 5.75 Å². The van der Waals surface area contributed by atoms with Gasteiger partial charge in [0.1, 0.15) is 5.75 Å². The summed E-state index contributed by atoms with van der Waals surface area (Å²) in [6.45, 7) is 4.03. The monoisotopic (exact) mass is 515 g/mol. The minimum atomic E-state index is -0.921. The second-order valence-corrected chi connectivity index (χ2v) is 7.75. The van der Waals surface area contributed by atoms with Crippen LogP contribution >= 0.6 is 24.0 Å². The molecule has 2 aromatic carbocycles. The van der Waals surface area contributed by atoms with Gasteiger partial charge in [-0.15, -0.1) is 24.0 Å². The number of ether oxygens (including phenoxy) is 1. The van der Waals surface area contributed by atoms with Gasteiger partial charge in [-0.1, -0.05) is 48.5 Å². The maximum atomic E-state index is 12.3. The van der Waals surface area contributed by atoms with E-state index < -0.39 is 10.8 Å². The smallest absolute Gasteiger partial charge is 0.193 e. The largest absolute Gasteiger partial charge is 0.496 e. The van der Waals surface area contributed by atoms with Gasteiger partial charge >= 0.3 is 0 Å². The molecule has 1 atom stereocenters. The van der Waals surface area contributed by atoms with Gasteiger partial charge in [-0.05, 0) is 18.6 Å². The molecule has 1 N–H and O–H groups in total. The van der Waals surface area contributed by atoms with E-state index in [1.807, 2.05) is 68.6 Å². The highest BCUT2D eigenvalue weighted by atomic mass is 127. The van der Waals surface area contributed by atoms with Crippen molar-refractivity contribution in [2.24, 2.45) is 4.99 Å². The highest BCUT2D eigenvalue weighted by Crippen LogP contribution is 2.18. The lowest BCUT2D eigenvalue weighted by Gasteiger charge is -2.23. The minimum absolute atomic E-state index is 0. The number of para-hydroxylation sites is 1. The quantitative estimate of drug-likeness (QED) is 0.315. The first-order chi connectivity index (χ1) is 13.1. The van der Waals surface area contributed by atoms with Crippen LogP contribution in [0.25, 0.3) is 0 Å². The Labute approximate surface area is 188 Å². The van der Waals surface area contributed by atoms with Crippen LogP contribution in [0.15, 0.2) is 59.6 Å². The number of nitrogens with zero attached hydrogens (tertiary/aromatic N) is 2. The summed E-state index contributed by atoms with van der Waals surface area (Å²) in [5, 5.41) is 3.30. The lowest BCUT2D eigenvalue weighted by molar-refractivity contribution is 0.396. The van der Waals surface area contributed by atoms with Crippen molar-refractivity contribution in [3.05, 3.63) is 65.7 Å². The summed E-state index contributed by atoms with van der Waals surface area (Å²) >= 11 is 0. The van der Waals surface area contributed by atoms with Crippen molar-refractivity contribution in [1.29, 1.82) is 0 Å². The summed E-state index contributed by atoms with van der Waals surface area (Å²) in [6, 6.07) is 17.9. The fraction of sp³-hybridized carbons (Fsp3) is 0.381. The molecule has 0 aromatic heterocycles. The minimum Gasteiger partial charge on any atom is -0.496 e. The maximum absolute atomic E-state index is 12.3. The number of benzene rings is 2. The van der Waals surface area contributed by atoms with Crippen LogP contribution in [0, 0.1) is 0 Å². The van der Waals surface area contributed by atoms with Crippen molar-refractivity contribution in [2.75, 3.05) is 33.0 Å². The van der Waals surface area contributed by atoms with E-state index in [1.165, 1.54) is 0 Å². The van der Waals surface area contributed by atoms with Gasteiger partial charge in [-0.2, -0.15) is 0 Å². The van der Waals surface area contributed by atoms with E-state index in [2.05, 4.69) is 15.2 Å². The molecule has 5 nitrogen and oxygen atoms in total. The van der Waals surface area contributed by atoms with Gasteiger partial charge in [0.2, 0.25) is 0 Å². The molecule has 0 heterocycles. The van der Waals surface area contributed by atoms with Crippen molar-refractivity contribution in [2.45, 2.75) is 19.2 Å². The van der Waals surface area contributed by atoms with E-state index in [0.29, 0.717) is 24.6 Å². The number of hydrogen-bond acceptors (Lipinski definition) is 3. The van der Waals surface area contributed by atoms with E-state index in [1.54, 1.807) is 7.11 Å². The van der Waals surface area contributed by atoms with Crippen LogP contribution in [0.1, 0.15) is 18.1 Å². The van der Waals surface area contributed by atoms with E-state index in [-0.39, 0.29) is 24.0 Å². The first-order valence-corrected chi connectivity index (χ1v) is 10.6. The number of nitrogens with one attached hydrogen (secondary N) is 1. The third-order valence-electron chi connectivity index (χ3n) is 4.05. The van der Waals surface area contributed by atoms with Crippen molar-refractivity contribution in [3.8, 4) is 5.75 Å². The van der Waals surface area contributed by atoms with Crippen molar-refractivity contribution >= 4 is 40.7 Å². The Balaban J connectivity index is 0.00000392. The van der Waals surface area contributed by atoms with Gasteiger partial charge < -0.3 is 15.0 Å². The zero-order valence-electron chi connectivity index (χ0n) is 16.8. The fourth-order valence-corrected chi connectivity index (χ4v) is 3.72. The van der Waals surface area contributed by atoms with E-state index in [4.69, 9.17) is 4.74 Å². The summed E-state index contributed by atoms with van der Waals surface area (Å²) in [4.78, 5) is 6.70. The molecule has 2 rings (SSSR count). The Kier molecular flexibility index (Phi) is 11.8. The zero-order chi connectivity index (χ0) is 19.5. The second kappa shape index (κ2) is 13.5. The maximum Gasteiger partial charge on any atom is 0.193 e. The zero-order valence-corrected chi connectivity index (χ0v) is 19.9. The van der Waals surface area contributed by atoms with Gasteiger partial charge in [0.25, 0.3) is 0 Å². The average Bonchev–Trinajstić information content (AvgIpc) is 2.68. The third kappa shape index (κ3) is 8.18. The lowest BCUT2D eigenvalue weighted by atomic mass is 10.2. The number of rotatable bonds is 9. The number of guanidine groups is 1. The number of methoxy groups -OCH3 is 1. The molecule has 0 saturated carbocycles. The molecule has 0 saturated heterocycles. The summed E-state index contributed by atoms with van der Waals surface area (Å²) in [6.07, 6.45) is 0. The second-order valence-electron chi connectivity index (χ2n) is 6.18. The number of hydrogen-bond donors (Lipinski definition) is 1. The molecule has 1 unspecified atom stereocenters. The van der Waals surface area contributed by atoms with Crippen molar-refractivity contribution < 1.29 is 8.95 Å². The van der Waals surface area contributed by atoms with Gasteiger partial charge in [-0.3, -0.25) is 9.20 Å². The SMILES string of the molecule is CCNC(=NCCS(=O)Cc1ccccc1)N(C)Cc1ccccc1OC.I. The van der Waals surface area contributed by atoms with Gasteiger partial charge in [0.15, 0.2) is 5.96 Å². The summed E-state index contributed by atoms with van der Waals surface area (Å²) in [5.41, 5.74) is 2.20. The van der Waals surface area contributed by atoms with Crippen LogP contribution in [0.2, 0.25) is 0 Å². The number of halogens is 1. The fourth-order valence-electron chi connectivity index (χ4n) is 2.72. The van der Waals surface area contributed by atoms with E-state index >= 15 is 0 Å². The molecule has 2 aromatic rings. The van der Waals surface area contributed by atoms with Crippen molar-refractivity contribution in [1.82, 2.24) is 10.2 Å². The molecular formula is C21H30IN3O2S. The summed E-state index contributed by atoms with van der Waals surface area (Å²) < 4.78 is 17.7. The molecule has 0 aliphatic heterocycles. The normalized spacial score (nSPS) is 12.0. The van der Waals surface area contributed by atoms with Crippen LogP contribution in [0.3, 0.4) is 0 Å². The molecule has 0 aliphatic carbocycles. The molecule has 0 radical (unpaired) electrons. The molecule has 0 amide bonds. The predicted octanol–water partition coefficient (Wildman–Crippen LogP) is 3.66. The molecule has 28 heavy (non-hydrogen) atoms. The molecule has 0 fully saturated rings. The van der Waals surface area contributed by atoms with Gasteiger partial charge in [0.05, 0.1) is 13.7 Å². The summed E-state index contributed by atoms with van der Waals surface area (Å²) in [5.74, 6) is 2.79. The van der Waals surface area contributed by atoms with Crippen LogP contribution in [-0.4, -0.2) is 48.1 Å². The van der Waals surface area contributed by atoms with E-state index in [0.717, 1.165) is 29.4 Å². The van der Waals surface area contributed by atoms with Crippen LogP contribution < -0.4 is 10.1 Å². The van der Waals surface area contributed by atoms with Crippen LogP contribution in [-0.2, 0) is 23.1 Å². The molecule has 0 spiro atoms. The highest BCUT2D eigenvalue weighted by Gasteiger charge is 2.10. The molecule has 7 heteroatoms. The molecule has 0 aliphatic rings. The lowest BCUT2D eigenvalue weighted by Crippen LogP contribution is -2.38. The van der Waals surface area contributed by atoms with Crippen LogP contribution in [0.4, 0.5) is 0 Å². The highest BCUT2D eigenvalue weighted by molar-refractivity contribution is 14.0. The molecule has 154 valence electrons. The Morgan fingerprint density at radius 2 is 1.82 bits per heavy atom. The third-order valence-corrected chi connectivity index (χ3v) is 5.34.